The average molecular weight is 229 g/mol. The van der Waals surface area contributed by atoms with Crippen LogP contribution < -0.4 is 0 Å². The van der Waals surface area contributed by atoms with Gasteiger partial charge >= 0.3 is 5.97 Å². The number of ether oxygens (including phenoxy) is 1. The van der Waals surface area contributed by atoms with Crippen molar-refractivity contribution in [1.29, 1.82) is 0 Å². The molecule has 88 valence electrons. The molecule has 3 heteroatoms. The molecule has 0 N–H and O–H groups in total. The molecule has 2 nitrogen and oxygen atoms in total. The van der Waals surface area contributed by atoms with Crippen LogP contribution in [0, 0.1) is 0 Å². The first-order valence-electron chi connectivity index (χ1n) is 6.29. The molecule has 0 aromatic carbocycles. The van der Waals surface area contributed by atoms with E-state index in [1.807, 2.05) is 0 Å². The monoisotopic (exact) mass is 229 g/mol. The van der Waals surface area contributed by atoms with Crippen molar-refractivity contribution in [3.63, 3.8) is 0 Å². The quantitative estimate of drug-likeness (QED) is 0.379. The molecule has 0 aliphatic carbocycles. The number of rotatable bonds is 7. The van der Waals surface area contributed by atoms with Crippen molar-refractivity contribution in [2.75, 3.05) is 6.23 Å². The molecular formula is C12H24O2Si. The molecule has 0 aliphatic rings. The van der Waals surface area contributed by atoms with Crippen LogP contribution in [0.1, 0.15) is 35.0 Å². The maximum Gasteiger partial charge on any atom is 0.332 e. The summed E-state index contributed by atoms with van der Waals surface area (Å²) in [4.78, 5) is 11.4. The second kappa shape index (κ2) is 6.83. The van der Waals surface area contributed by atoms with Gasteiger partial charge in [0.15, 0.2) is 0 Å². The summed E-state index contributed by atoms with van der Waals surface area (Å²) in [6, 6.07) is 2.41. The molecule has 0 saturated heterocycles. The lowest BCUT2D eigenvalue weighted by Gasteiger charge is -2.25. The fourth-order valence-corrected chi connectivity index (χ4v) is 5.26. The van der Waals surface area contributed by atoms with Gasteiger partial charge in [0.2, 0.25) is 0 Å². The highest BCUT2D eigenvalue weighted by Crippen LogP contribution is 2.20. The third kappa shape index (κ3) is 5.77. The minimum atomic E-state index is -1.40. The second-order valence-electron chi connectivity index (χ2n) is 4.57. The number of esters is 1. The van der Waals surface area contributed by atoms with Gasteiger partial charge in [-0.3, -0.25) is 0 Å². The van der Waals surface area contributed by atoms with E-state index in [0.717, 1.165) is 19.4 Å². The standard InChI is InChI=1S/C12H24O2Si/c1-6-8-15(5,9-7-2)10-14-12(13)11(3)4/h3,6-10H2,1-2,4-5H3/i3D. The molecular weight excluding hydrogens is 204 g/mol. The topological polar surface area (TPSA) is 26.3 Å². The third-order valence-corrected chi connectivity index (χ3v) is 6.84. The first-order chi connectivity index (χ1) is 7.49. The lowest BCUT2D eigenvalue weighted by atomic mass is 10.4. The van der Waals surface area contributed by atoms with Crippen LogP contribution >= 0.6 is 0 Å². The zero-order valence-electron chi connectivity index (χ0n) is 11.4. The van der Waals surface area contributed by atoms with E-state index in [9.17, 15) is 4.79 Å². The zero-order chi connectivity index (χ0) is 12.6. The molecule has 0 unspecified atom stereocenters. The zero-order valence-corrected chi connectivity index (χ0v) is 11.4. The average Bonchev–Trinajstić information content (AvgIpc) is 2.25. The molecule has 0 heterocycles. The van der Waals surface area contributed by atoms with Gasteiger partial charge in [0.25, 0.3) is 0 Å². The van der Waals surface area contributed by atoms with E-state index in [0.29, 0.717) is 11.8 Å². The Morgan fingerprint density at radius 2 is 1.93 bits per heavy atom. The second-order valence-corrected chi connectivity index (χ2v) is 9.48. The lowest BCUT2D eigenvalue weighted by molar-refractivity contribution is -0.137. The van der Waals surface area contributed by atoms with Crippen LogP contribution in [0.15, 0.2) is 12.1 Å². The van der Waals surface area contributed by atoms with Gasteiger partial charge in [-0.2, -0.15) is 0 Å². The van der Waals surface area contributed by atoms with Crippen LogP contribution in [0.2, 0.25) is 18.6 Å². The van der Waals surface area contributed by atoms with Gasteiger partial charge in [-0.15, -0.1) is 0 Å². The summed E-state index contributed by atoms with van der Waals surface area (Å²) < 4.78 is 12.3. The molecule has 15 heavy (non-hydrogen) atoms. The highest BCUT2D eigenvalue weighted by Gasteiger charge is 2.27. The van der Waals surface area contributed by atoms with Crippen molar-refractivity contribution in [3.8, 4) is 0 Å². The Morgan fingerprint density at radius 1 is 1.40 bits per heavy atom. The normalized spacial score (nSPS) is 13.6. The molecule has 0 aromatic rings. The van der Waals surface area contributed by atoms with Crippen molar-refractivity contribution >= 4 is 14.0 Å². The van der Waals surface area contributed by atoms with Crippen LogP contribution in [-0.2, 0) is 9.53 Å². The van der Waals surface area contributed by atoms with Gasteiger partial charge < -0.3 is 4.74 Å². The maximum absolute atomic E-state index is 11.4. The van der Waals surface area contributed by atoms with Gasteiger partial charge in [0, 0.05) is 5.57 Å². The van der Waals surface area contributed by atoms with Gasteiger partial charge in [-0.05, 0) is 6.92 Å². The van der Waals surface area contributed by atoms with Crippen molar-refractivity contribution in [2.24, 2.45) is 0 Å². The summed E-state index contributed by atoms with van der Waals surface area (Å²) in [7, 11) is -1.40. The van der Waals surface area contributed by atoms with E-state index in [2.05, 4.69) is 20.4 Å². The van der Waals surface area contributed by atoms with Crippen molar-refractivity contribution in [1.82, 2.24) is 0 Å². The van der Waals surface area contributed by atoms with E-state index in [1.165, 1.54) is 12.1 Å². The first kappa shape index (κ1) is 12.5. The largest absolute Gasteiger partial charge is 0.466 e. The van der Waals surface area contributed by atoms with Crippen molar-refractivity contribution in [2.45, 2.75) is 52.2 Å². The minimum Gasteiger partial charge on any atom is -0.466 e. The van der Waals surface area contributed by atoms with Gasteiger partial charge in [-0.25, -0.2) is 4.79 Å². The molecule has 0 aromatic heterocycles. The summed E-state index contributed by atoms with van der Waals surface area (Å²) in [5, 5.41) is 0. The van der Waals surface area contributed by atoms with E-state index in [-0.39, 0.29) is 5.97 Å². The van der Waals surface area contributed by atoms with Crippen LogP contribution in [-0.4, -0.2) is 20.3 Å². The molecule has 0 atom stereocenters. The Hall–Kier alpha value is -0.573. The Morgan fingerprint density at radius 3 is 2.33 bits per heavy atom. The molecule has 0 spiro atoms. The maximum atomic E-state index is 11.4. The predicted octanol–water partition coefficient (Wildman–Crippen LogP) is 3.54. The van der Waals surface area contributed by atoms with E-state index >= 15 is 0 Å². The van der Waals surface area contributed by atoms with Crippen LogP contribution in [0.5, 0.6) is 0 Å². The molecule has 0 aliphatic heterocycles. The summed E-state index contributed by atoms with van der Waals surface area (Å²) in [6.45, 7) is 9.33. The third-order valence-electron chi connectivity index (χ3n) is 2.58. The predicted molar refractivity (Wildman–Crippen MR) is 67.6 cm³/mol. The van der Waals surface area contributed by atoms with Crippen molar-refractivity contribution < 1.29 is 10.9 Å². The van der Waals surface area contributed by atoms with E-state index < -0.39 is 8.07 Å². The smallest absolute Gasteiger partial charge is 0.332 e. The van der Waals surface area contributed by atoms with Crippen LogP contribution in [0.25, 0.3) is 0 Å². The van der Waals surface area contributed by atoms with Crippen molar-refractivity contribution in [3.05, 3.63) is 12.1 Å². The summed E-state index contributed by atoms with van der Waals surface area (Å²) in [6.07, 6.45) is 2.92. The molecule has 0 fully saturated rings. The van der Waals surface area contributed by atoms with E-state index in [1.54, 1.807) is 6.92 Å². The molecule has 0 rings (SSSR count). The number of hydrogen-bond donors (Lipinski definition) is 0. The number of carbonyl (C=O) groups excluding carboxylic acids is 1. The minimum absolute atomic E-state index is 0.332. The molecule has 0 radical (unpaired) electrons. The lowest BCUT2D eigenvalue weighted by Crippen LogP contribution is -2.37. The fraction of sp³-hybridized carbons (Fsp3) is 0.750. The van der Waals surface area contributed by atoms with Gasteiger partial charge in [0.1, 0.15) is 0 Å². The highest BCUT2D eigenvalue weighted by molar-refractivity contribution is 6.78. The van der Waals surface area contributed by atoms with Gasteiger partial charge in [0.05, 0.1) is 15.7 Å². The molecule has 0 saturated carbocycles. The Kier molecular flexibility index (Phi) is 5.69. The van der Waals surface area contributed by atoms with Gasteiger partial charge in [-0.1, -0.05) is 51.9 Å². The van der Waals surface area contributed by atoms with Crippen LogP contribution in [0.3, 0.4) is 0 Å². The van der Waals surface area contributed by atoms with E-state index in [4.69, 9.17) is 6.11 Å². The summed E-state index contributed by atoms with van der Waals surface area (Å²) in [5.41, 5.74) is 0.379. The Balaban J connectivity index is 4.26. The fourth-order valence-electron chi connectivity index (χ4n) is 1.83. The Labute approximate surface area is 96.1 Å². The number of carbonyl (C=O) groups is 1. The summed E-state index contributed by atoms with van der Waals surface area (Å²) in [5.74, 6) is -0.332. The molecule has 0 amide bonds. The van der Waals surface area contributed by atoms with Crippen LogP contribution in [0.4, 0.5) is 0 Å². The first-order valence-corrected chi connectivity index (χ1v) is 8.83. The summed E-state index contributed by atoms with van der Waals surface area (Å²) >= 11 is 0. The number of hydrogen-bond acceptors (Lipinski definition) is 2. The SMILES string of the molecule is [2H]C=C(C)C(=O)OC[Si](C)(CCC)CCC. The highest BCUT2D eigenvalue weighted by atomic mass is 28.3. The Bertz CT molecular complexity index is 245. The molecule has 0 bridgehead atoms.